The van der Waals surface area contributed by atoms with Gasteiger partial charge in [0.2, 0.25) is 0 Å². The summed E-state index contributed by atoms with van der Waals surface area (Å²) in [6, 6.07) is 0. The smallest absolute Gasteiger partial charge is 0.325 e. The Kier molecular flexibility index (Phi) is 4.29. The molecule has 0 spiro atoms. The van der Waals surface area contributed by atoms with Gasteiger partial charge in [-0.05, 0) is 6.92 Å². The zero-order valence-corrected chi connectivity index (χ0v) is 9.65. The molecule has 0 amide bonds. The van der Waals surface area contributed by atoms with Crippen LogP contribution >= 0.6 is 11.8 Å². The van der Waals surface area contributed by atoms with Crippen molar-refractivity contribution in [1.29, 1.82) is 0 Å². The average molecular weight is 245 g/mol. The van der Waals surface area contributed by atoms with E-state index < -0.39 is 11.9 Å². The standard InChI is InChI=1S/C8H11N3O4S/c1-5-9-10-8(16-4-6(12)13)11(5)3-7(14)15-2/h3-4H2,1-2H3,(H,12,13). The number of esters is 1. The molecule has 1 heterocycles. The molecule has 0 atom stereocenters. The number of thioether (sulfide) groups is 1. The first-order valence-corrected chi connectivity index (χ1v) is 5.34. The van der Waals surface area contributed by atoms with Crippen LogP contribution in [0, 0.1) is 6.92 Å². The topological polar surface area (TPSA) is 94.3 Å². The van der Waals surface area contributed by atoms with Crippen LogP contribution in [0.1, 0.15) is 5.82 Å². The van der Waals surface area contributed by atoms with Gasteiger partial charge < -0.3 is 9.84 Å². The first kappa shape index (κ1) is 12.5. The third-order valence-corrected chi connectivity index (χ3v) is 2.69. The second-order valence-corrected chi connectivity index (χ2v) is 3.82. The molecule has 0 saturated carbocycles. The zero-order valence-electron chi connectivity index (χ0n) is 8.84. The number of carbonyl (C=O) groups is 2. The summed E-state index contributed by atoms with van der Waals surface area (Å²) in [5.74, 6) is -0.965. The molecule has 0 aromatic carbocycles. The molecule has 8 heteroatoms. The molecule has 1 rings (SSSR count). The van der Waals surface area contributed by atoms with Gasteiger partial charge in [0.25, 0.3) is 0 Å². The summed E-state index contributed by atoms with van der Waals surface area (Å²) in [6.07, 6.45) is 0. The predicted molar refractivity (Wildman–Crippen MR) is 55.1 cm³/mol. The van der Waals surface area contributed by atoms with Gasteiger partial charge in [0.15, 0.2) is 5.16 Å². The Labute approximate surface area is 95.8 Å². The molecular formula is C8H11N3O4S. The number of hydrogen-bond donors (Lipinski definition) is 1. The fourth-order valence-corrected chi connectivity index (χ4v) is 1.67. The van der Waals surface area contributed by atoms with E-state index in [1.807, 2.05) is 0 Å². The summed E-state index contributed by atoms with van der Waals surface area (Å²) in [5, 5.41) is 16.5. The molecule has 88 valence electrons. The number of carbonyl (C=O) groups excluding carboxylic acids is 1. The molecule has 16 heavy (non-hydrogen) atoms. The molecule has 0 aliphatic carbocycles. The van der Waals surface area contributed by atoms with E-state index in [-0.39, 0.29) is 12.3 Å². The SMILES string of the molecule is COC(=O)Cn1c(C)nnc1SCC(=O)O. The fourth-order valence-electron chi connectivity index (χ4n) is 0.970. The molecule has 0 saturated heterocycles. The minimum atomic E-state index is -0.949. The van der Waals surface area contributed by atoms with Gasteiger partial charge in [0, 0.05) is 0 Å². The lowest BCUT2D eigenvalue weighted by Crippen LogP contribution is -2.14. The monoisotopic (exact) mass is 245 g/mol. The quantitative estimate of drug-likeness (QED) is 0.573. The lowest BCUT2D eigenvalue weighted by atomic mass is 10.6. The number of methoxy groups -OCH3 is 1. The molecule has 0 radical (unpaired) electrons. The first-order chi connectivity index (χ1) is 7.54. The molecule has 1 aromatic heterocycles. The van der Waals surface area contributed by atoms with Crippen LogP contribution in [0.25, 0.3) is 0 Å². The van der Waals surface area contributed by atoms with Gasteiger partial charge in [0.1, 0.15) is 12.4 Å². The molecule has 7 nitrogen and oxygen atoms in total. The van der Waals surface area contributed by atoms with E-state index in [4.69, 9.17) is 5.11 Å². The van der Waals surface area contributed by atoms with E-state index in [9.17, 15) is 9.59 Å². The van der Waals surface area contributed by atoms with E-state index in [0.29, 0.717) is 11.0 Å². The average Bonchev–Trinajstić information content (AvgIpc) is 2.57. The van der Waals surface area contributed by atoms with E-state index in [1.165, 1.54) is 11.7 Å². The highest BCUT2D eigenvalue weighted by molar-refractivity contribution is 7.99. The number of aromatic nitrogens is 3. The van der Waals surface area contributed by atoms with E-state index in [0.717, 1.165) is 11.8 Å². The lowest BCUT2D eigenvalue weighted by Gasteiger charge is -2.05. The molecule has 1 N–H and O–H groups in total. The van der Waals surface area contributed by atoms with Crippen molar-refractivity contribution in [3.63, 3.8) is 0 Å². The summed E-state index contributed by atoms with van der Waals surface area (Å²) in [4.78, 5) is 21.5. The maximum Gasteiger partial charge on any atom is 0.325 e. The Morgan fingerprint density at radius 3 is 2.75 bits per heavy atom. The van der Waals surface area contributed by atoms with Crippen LogP contribution in [0.15, 0.2) is 5.16 Å². The van der Waals surface area contributed by atoms with Crippen LogP contribution in [0.5, 0.6) is 0 Å². The second-order valence-electron chi connectivity index (χ2n) is 2.87. The normalized spacial score (nSPS) is 10.1. The number of aliphatic carboxylic acids is 1. The summed E-state index contributed by atoms with van der Waals surface area (Å²) in [6.45, 7) is 1.66. The van der Waals surface area contributed by atoms with Crippen LogP contribution in [0.3, 0.4) is 0 Å². The molecule has 0 unspecified atom stereocenters. The molecule has 0 fully saturated rings. The molecule has 1 aromatic rings. The van der Waals surface area contributed by atoms with Gasteiger partial charge in [-0.25, -0.2) is 0 Å². The van der Waals surface area contributed by atoms with Crippen LogP contribution in [0.2, 0.25) is 0 Å². The summed E-state index contributed by atoms with van der Waals surface area (Å²) >= 11 is 1.01. The predicted octanol–water partition coefficient (Wildman–Crippen LogP) is -0.0638. The van der Waals surface area contributed by atoms with Gasteiger partial charge >= 0.3 is 11.9 Å². The summed E-state index contributed by atoms with van der Waals surface area (Å²) < 4.78 is 6.03. The van der Waals surface area contributed by atoms with Crippen molar-refractivity contribution >= 4 is 23.7 Å². The van der Waals surface area contributed by atoms with Gasteiger partial charge in [0.05, 0.1) is 12.9 Å². The Morgan fingerprint density at radius 1 is 1.50 bits per heavy atom. The Morgan fingerprint density at radius 2 is 2.19 bits per heavy atom. The minimum Gasteiger partial charge on any atom is -0.481 e. The number of ether oxygens (including phenoxy) is 1. The van der Waals surface area contributed by atoms with Crippen LogP contribution < -0.4 is 0 Å². The highest BCUT2D eigenvalue weighted by Crippen LogP contribution is 2.16. The largest absolute Gasteiger partial charge is 0.481 e. The maximum atomic E-state index is 11.1. The van der Waals surface area contributed by atoms with Gasteiger partial charge in [-0.2, -0.15) is 0 Å². The number of rotatable bonds is 5. The number of carboxylic acids is 1. The third kappa shape index (κ3) is 3.23. The summed E-state index contributed by atoms with van der Waals surface area (Å²) in [7, 11) is 1.28. The maximum absolute atomic E-state index is 11.1. The van der Waals surface area contributed by atoms with E-state index in [2.05, 4.69) is 14.9 Å². The zero-order chi connectivity index (χ0) is 12.1. The van der Waals surface area contributed by atoms with E-state index >= 15 is 0 Å². The Balaban J connectivity index is 2.77. The van der Waals surface area contributed by atoms with Crippen LogP contribution in [-0.2, 0) is 20.9 Å². The van der Waals surface area contributed by atoms with Crippen molar-refractivity contribution in [2.45, 2.75) is 18.6 Å². The van der Waals surface area contributed by atoms with Gasteiger partial charge in [-0.3, -0.25) is 14.2 Å². The molecule has 0 aliphatic heterocycles. The lowest BCUT2D eigenvalue weighted by molar-refractivity contribution is -0.141. The van der Waals surface area contributed by atoms with Crippen LogP contribution in [0.4, 0.5) is 0 Å². The first-order valence-electron chi connectivity index (χ1n) is 4.35. The minimum absolute atomic E-state index is 0.0166. The van der Waals surface area contributed by atoms with Crippen molar-refractivity contribution in [3.8, 4) is 0 Å². The van der Waals surface area contributed by atoms with Gasteiger partial charge in [-0.1, -0.05) is 11.8 Å². The second kappa shape index (κ2) is 5.50. The number of nitrogens with zero attached hydrogens (tertiary/aromatic N) is 3. The van der Waals surface area contributed by atoms with Gasteiger partial charge in [-0.15, -0.1) is 10.2 Å². The van der Waals surface area contributed by atoms with Crippen molar-refractivity contribution in [2.75, 3.05) is 12.9 Å². The highest BCUT2D eigenvalue weighted by Gasteiger charge is 2.14. The fraction of sp³-hybridized carbons (Fsp3) is 0.500. The Bertz CT molecular complexity index is 404. The number of carboxylic acid groups (broad SMARTS) is 1. The molecular weight excluding hydrogens is 234 g/mol. The third-order valence-electron chi connectivity index (χ3n) is 1.74. The van der Waals surface area contributed by atoms with Crippen molar-refractivity contribution in [2.24, 2.45) is 0 Å². The Hall–Kier alpha value is -1.57. The highest BCUT2D eigenvalue weighted by atomic mass is 32.2. The summed E-state index contributed by atoms with van der Waals surface area (Å²) in [5.41, 5.74) is 0. The number of hydrogen-bond acceptors (Lipinski definition) is 6. The van der Waals surface area contributed by atoms with Crippen molar-refractivity contribution in [1.82, 2.24) is 14.8 Å². The van der Waals surface area contributed by atoms with Crippen LogP contribution in [-0.4, -0.2) is 44.7 Å². The number of aryl methyl sites for hydroxylation is 1. The molecule has 0 aliphatic rings. The molecule has 0 bridgehead atoms. The van der Waals surface area contributed by atoms with Crippen molar-refractivity contribution in [3.05, 3.63) is 5.82 Å². The van der Waals surface area contributed by atoms with E-state index in [1.54, 1.807) is 6.92 Å². The van der Waals surface area contributed by atoms with Crippen molar-refractivity contribution < 1.29 is 19.4 Å².